The second kappa shape index (κ2) is 7.32. The molecule has 0 N–H and O–H groups in total. The third kappa shape index (κ3) is 46.4. The van der Waals surface area contributed by atoms with Crippen molar-refractivity contribution in [3.05, 3.63) is 0 Å². The Hall–Kier alpha value is 3.22. The van der Waals surface area contributed by atoms with Gasteiger partial charge in [0.1, 0.15) is 0 Å². The van der Waals surface area contributed by atoms with Gasteiger partial charge in [-0.15, -0.1) is 0 Å². The Morgan fingerprint density at radius 3 is 0.857 bits per heavy atom. The molecule has 0 radical (unpaired) electrons. The summed E-state index contributed by atoms with van der Waals surface area (Å²) in [6.45, 7) is 0. The molecule has 0 unspecified atom stereocenters. The smallest absolute Gasteiger partial charge is 4.00 e. The Morgan fingerprint density at radius 1 is 0.857 bits per heavy atom. The topological polar surface area (TPSA) is 0 Å². The summed E-state index contributed by atoms with van der Waals surface area (Å²) in [5, 5.41) is 0. The molecule has 0 heterocycles. The normalized spacial score (nSPS) is 8.57. The number of hydrogen-bond donors (Lipinski definition) is 0. The van der Waals surface area contributed by atoms with Gasteiger partial charge in [0.15, 0.2) is 0 Å². The maximum atomic E-state index is 5.04. The fourth-order valence-corrected chi connectivity index (χ4v) is 0. The van der Waals surface area contributed by atoms with Gasteiger partial charge in [-0.1, -0.05) is 0 Å². The fourth-order valence-electron chi connectivity index (χ4n) is 0. The van der Waals surface area contributed by atoms with E-state index in [-0.39, 0.29) is 38.6 Å². The molecule has 0 aromatic heterocycles. The SMILES string of the molecule is [Cl-].[Cl][Zr]([Cl])([Cl])[Cl].[Zr+4]. The maximum Gasteiger partial charge on any atom is 4.00 e. The van der Waals surface area contributed by atoms with Crippen LogP contribution in [0.1, 0.15) is 0 Å². The third-order valence-corrected chi connectivity index (χ3v) is 0. The van der Waals surface area contributed by atoms with E-state index in [9.17, 15) is 0 Å². The molecule has 0 nitrogen and oxygen atoms in total. The van der Waals surface area contributed by atoms with Gasteiger partial charge in [-0.2, -0.15) is 0 Å². The predicted molar refractivity (Wildman–Crippen MR) is 23.4 cm³/mol. The molecule has 7 heavy (non-hydrogen) atoms. The van der Waals surface area contributed by atoms with Crippen molar-refractivity contribution in [1.82, 2.24) is 0 Å². The first kappa shape index (κ1) is 16.7. The van der Waals surface area contributed by atoms with Crippen LogP contribution in [0.4, 0.5) is 0 Å². The summed E-state index contributed by atoms with van der Waals surface area (Å²) >= 11 is -3.29. The molecule has 0 aliphatic heterocycles. The van der Waals surface area contributed by atoms with E-state index >= 15 is 0 Å². The Kier molecular flexibility index (Phi) is 17.4. The van der Waals surface area contributed by atoms with E-state index in [0.717, 1.165) is 0 Å². The summed E-state index contributed by atoms with van der Waals surface area (Å²) in [5.41, 5.74) is 0. The molecule has 0 aliphatic carbocycles. The summed E-state index contributed by atoms with van der Waals surface area (Å²) in [6, 6.07) is 0. The van der Waals surface area contributed by atoms with Crippen molar-refractivity contribution >= 4 is 34.1 Å². The van der Waals surface area contributed by atoms with Gasteiger partial charge in [-0.3, -0.25) is 0 Å². The van der Waals surface area contributed by atoms with Gasteiger partial charge in [-0.25, -0.2) is 0 Å². The van der Waals surface area contributed by atoms with Gasteiger partial charge in [-0.05, 0) is 0 Å². The Labute approximate surface area is 86.3 Å². The minimum absolute atomic E-state index is 0. The van der Waals surface area contributed by atoms with Crippen molar-refractivity contribution in [3.8, 4) is 0 Å². The predicted octanol–water partition coefficient (Wildman–Crippen LogP) is -0.243. The van der Waals surface area contributed by atoms with Crippen LogP contribution in [-0.4, -0.2) is 0 Å². The number of hydrogen-bond acceptors (Lipinski definition) is 0. The van der Waals surface area contributed by atoms with Crippen LogP contribution in [0.25, 0.3) is 0 Å². The van der Waals surface area contributed by atoms with Gasteiger partial charge < -0.3 is 12.4 Å². The summed E-state index contributed by atoms with van der Waals surface area (Å²) in [4.78, 5) is 0. The average Bonchev–Trinajstić information content (AvgIpc) is 0.722. The molecule has 0 saturated heterocycles. The first-order valence-corrected chi connectivity index (χ1v) is 13.4. The second-order valence-corrected chi connectivity index (χ2v) is 22.8. The molecule has 0 spiro atoms. The molecule has 40 valence electrons. The standard InChI is InChI=1S/5ClH.2Zr/h5*1H;;/q;;;;;2*+4/p-5. The van der Waals surface area contributed by atoms with Gasteiger partial charge in [0.2, 0.25) is 0 Å². The minimum Gasteiger partial charge on any atom is 4.00 e. The van der Waals surface area contributed by atoms with Crippen LogP contribution in [0.2, 0.25) is 0 Å². The molecule has 0 aromatic rings. The van der Waals surface area contributed by atoms with Crippen molar-refractivity contribution in [2.75, 3.05) is 0 Å². The van der Waals surface area contributed by atoms with Crippen LogP contribution in [0, 0.1) is 0 Å². The van der Waals surface area contributed by atoms with Crippen molar-refractivity contribution in [3.63, 3.8) is 0 Å². The van der Waals surface area contributed by atoms with Gasteiger partial charge in [0.25, 0.3) is 0 Å². The van der Waals surface area contributed by atoms with Crippen molar-refractivity contribution in [2.45, 2.75) is 0 Å². The molecule has 0 atom stereocenters. The zero-order chi connectivity index (χ0) is 4.50. The molecule has 0 aliphatic rings. The van der Waals surface area contributed by atoms with E-state index in [1.165, 1.54) is 0 Å². The third-order valence-electron chi connectivity index (χ3n) is 0. The van der Waals surface area contributed by atoms with E-state index < -0.39 is 15.5 Å². The quantitative estimate of drug-likeness (QED) is 0.560. The van der Waals surface area contributed by atoms with E-state index in [1.54, 1.807) is 0 Å². The first-order valence-electron chi connectivity index (χ1n) is 0.756. The Morgan fingerprint density at radius 2 is 0.857 bits per heavy atom. The van der Waals surface area contributed by atoms with Crippen LogP contribution in [0.3, 0.4) is 0 Å². The summed E-state index contributed by atoms with van der Waals surface area (Å²) < 4.78 is 0. The average molecular weight is 360 g/mol. The fraction of sp³-hybridized carbons (Fsp3) is 0. The second-order valence-electron chi connectivity index (χ2n) is 0.429. The zero-order valence-electron chi connectivity index (χ0n) is 2.89. The number of rotatable bonds is 0. The minimum atomic E-state index is -3.29. The van der Waals surface area contributed by atoms with Gasteiger partial charge in [0.05, 0.1) is 0 Å². The molecule has 7 heteroatoms. The molecule has 0 amide bonds. The molecule has 0 aromatic carbocycles. The van der Waals surface area contributed by atoms with Crippen molar-refractivity contribution in [1.29, 1.82) is 0 Å². The van der Waals surface area contributed by atoms with Crippen molar-refractivity contribution in [2.24, 2.45) is 0 Å². The molecule has 0 fully saturated rings. The monoisotopic (exact) mass is 355 g/mol. The van der Waals surface area contributed by atoms with E-state index in [1.807, 2.05) is 0 Å². The van der Waals surface area contributed by atoms with Crippen LogP contribution >= 0.6 is 34.1 Å². The maximum absolute atomic E-state index is 5.04. The Bertz CT molecular complexity index is 21.6. The molecular formula is Cl5Zr2+3. The van der Waals surface area contributed by atoms with Crippen molar-refractivity contribution < 1.29 is 54.1 Å². The van der Waals surface area contributed by atoms with Gasteiger partial charge >= 0.3 is 75.7 Å². The largest absolute Gasteiger partial charge is 4.00 e. The van der Waals surface area contributed by atoms with E-state index in [4.69, 9.17) is 34.1 Å². The van der Waals surface area contributed by atoms with Crippen LogP contribution in [0.5, 0.6) is 0 Å². The summed E-state index contributed by atoms with van der Waals surface area (Å²) in [5.74, 6) is 0. The summed E-state index contributed by atoms with van der Waals surface area (Å²) in [6.07, 6.45) is 0. The van der Waals surface area contributed by atoms with Crippen LogP contribution in [0.15, 0.2) is 0 Å². The first-order chi connectivity index (χ1) is 2.00. The molecule has 0 rings (SSSR count). The Balaban J connectivity index is -0.0000000800. The van der Waals surface area contributed by atoms with Crippen LogP contribution < -0.4 is 12.4 Å². The van der Waals surface area contributed by atoms with Gasteiger partial charge in [0, 0.05) is 0 Å². The van der Waals surface area contributed by atoms with E-state index in [2.05, 4.69) is 0 Å². The van der Waals surface area contributed by atoms with Crippen LogP contribution in [-0.2, 0) is 41.7 Å². The van der Waals surface area contributed by atoms with E-state index in [0.29, 0.717) is 0 Å². The molecule has 0 bridgehead atoms. The molecule has 0 saturated carbocycles. The zero-order valence-corrected chi connectivity index (χ0v) is 11.6. The summed E-state index contributed by atoms with van der Waals surface area (Å²) in [7, 11) is 20.1. The number of halogens is 5. The molecular weight excluding hydrogens is 360 g/mol.